The van der Waals surface area contributed by atoms with Crippen LogP contribution in [0, 0.1) is 6.92 Å². The van der Waals surface area contributed by atoms with Crippen LogP contribution < -0.4 is 5.32 Å². The number of hydrogen-bond donors (Lipinski definition) is 1. The van der Waals surface area contributed by atoms with E-state index in [1.54, 1.807) is 28.7 Å². The number of anilines is 1. The van der Waals surface area contributed by atoms with E-state index in [-0.39, 0.29) is 23.0 Å². The van der Waals surface area contributed by atoms with Gasteiger partial charge < -0.3 is 5.32 Å². The van der Waals surface area contributed by atoms with E-state index in [1.807, 2.05) is 61.7 Å². The first kappa shape index (κ1) is 19.8. The van der Waals surface area contributed by atoms with E-state index in [9.17, 15) is 13.2 Å². The molecule has 0 bridgehead atoms. The van der Waals surface area contributed by atoms with Gasteiger partial charge in [-0.2, -0.15) is 0 Å². The van der Waals surface area contributed by atoms with Gasteiger partial charge in [0.05, 0.1) is 10.6 Å². The molecule has 0 fully saturated rings. The molecule has 0 atom stereocenters. The SMILES string of the molecule is Cc1ccc(S(=O)(=O)CCC(=O)Nc2c(-c3ccccc3)nc3ccccn23)cc1. The lowest BCUT2D eigenvalue weighted by Crippen LogP contribution is -2.18. The predicted molar refractivity (Wildman–Crippen MR) is 117 cm³/mol. The van der Waals surface area contributed by atoms with Crippen molar-refractivity contribution in [2.24, 2.45) is 0 Å². The Kier molecular flexibility index (Phi) is 5.37. The maximum Gasteiger partial charge on any atom is 0.226 e. The zero-order chi connectivity index (χ0) is 21.1. The average molecular weight is 420 g/mol. The highest BCUT2D eigenvalue weighted by atomic mass is 32.2. The van der Waals surface area contributed by atoms with Crippen molar-refractivity contribution in [1.82, 2.24) is 9.38 Å². The molecule has 0 saturated heterocycles. The summed E-state index contributed by atoms with van der Waals surface area (Å²) in [7, 11) is -3.54. The van der Waals surface area contributed by atoms with Crippen LogP contribution in [0.5, 0.6) is 0 Å². The van der Waals surface area contributed by atoms with Crippen molar-refractivity contribution >= 4 is 27.2 Å². The molecule has 0 aliphatic carbocycles. The van der Waals surface area contributed by atoms with E-state index in [0.29, 0.717) is 17.2 Å². The predicted octanol–water partition coefficient (Wildman–Crippen LogP) is 4.11. The second-order valence-corrected chi connectivity index (χ2v) is 9.14. The number of rotatable bonds is 6. The number of nitrogens with zero attached hydrogens (tertiary/aromatic N) is 2. The number of sulfone groups is 1. The number of aromatic nitrogens is 2. The number of nitrogens with one attached hydrogen (secondary N) is 1. The minimum absolute atomic E-state index is 0.148. The van der Waals surface area contributed by atoms with Crippen molar-refractivity contribution in [3.63, 3.8) is 0 Å². The molecule has 0 aliphatic heterocycles. The summed E-state index contributed by atoms with van der Waals surface area (Å²) in [5.41, 5.74) is 3.17. The van der Waals surface area contributed by atoms with Gasteiger partial charge in [0.15, 0.2) is 9.84 Å². The van der Waals surface area contributed by atoms with E-state index < -0.39 is 9.84 Å². The van der Waals surface area contributed by atoms with E-state index in [1.165, 1.54) is 0 Å². The number of pyridine rings is 1. The van der Waals surface area contributed by atoms with Crippen molar-refractivity contribution < 1.29 is 13.2 Å². The second-order valence-electron chi connectivity index (χ2n) is 7.03. The lowest BCUT2D eigenvalue weighted by atomic mass is 10.1. The molecule has 2 aromatic carbocycles. The summed E-state index contributed by atoms with van der Waals surface area (Å²) >= 11 is 0. The zero-order valence-electron chi connectivity index (χ0n) is 16.4. The molecule has 4 rings (SSSR count). The highest BCUT2D eigenvalue weighted by molar-refractivity contribution is 7.91. The Hall–Kier alpha value is -3.45. The Morgan fingerprint density at radius 3 is 2.40 bits per heavy atom. The molecule has 0 radical (unpaired) electrons. The van der Waals surface area contributed by atoms with Gasteiger partial charge in [0.1, 0.15) is 17.2 Å². The first-order chi connectivity index (χ1) is 14.4. The number of amides is 1. The minimum Gasteiger partial charge on any atom is -0.310 e. The molecule has 7 heteroatoms. The standard InChI is InChI=1S/C23H21N3O3S/c1-17-10-12-19(13-11-17)30(28,29)16-14-21(27)25-23-22(18-7-3-2-4-8-18)24-20-9-5-6-15-26(20)23/h2-13,15H,14,16H2,1H3,(H,25,27). The van der Waals surface area contributed by atoms with Crippen LogP contribution in [0.15, 0.2) is 83.9 Å². The third-order valence-electron chi connectivity index (χ3n) is 4.81. The summed E-state index contributed by atoms with van der Waals surface area (Å²) in [5.74, 6) is -0.123. The Morgan fingerprint density at radius 1 is 0.967 bits per heavy atom. The fourth-order valence-corrected chi connectivity index (χ4v) is 4.44. The summed E-state index contributed by atoms with van der Waals surface area (Å²) in [4.78, 5) is 17.5. The number of imidazole rings is 1. The van der Waals surface area contributed by atoms with E-state index >= 15 is 0 Å². The average Bonchev–Trinajstić information content (AvgIpc) is 3.12. The highest BCUT2D eigenvalue weighted by Crippen LogP contribution is 2.28. The molecule has 152 valence electrons. The van der Waals surface area contributed by atoms with Gasteiger partial charge >= 0.3 is 0 Å². The molecule has 0 unspecified atom stereocenters. The van der Waals surface area contributed by atoms with Crippen LogP contribution in [0.25, 0.3) is 16.9 Å². The van der Waals surface area contributed by atoms with E-state index in [4.69, 9.17) is 0 Å². The Balaban J connectivity index is 1.57. The molecule has 6 nitrogen and oxygen atoms in total. The number of carbonyl (C=O) groups excluding carboxylic acids is 1. The lowest BCUT2D eigenvalue weighted by Gasteiger charge is -2.09. The molecule has 4 aromatic rings. The smallest absolute Gasteiger partial charge is 0.226 e. The van der Waals surface area contributed by atoms with Crippen molar-refractivity contribution in [2.45, 2.75) is 18.2 Å². The molecule has 1 amide bonds. The number of fused-ring (bicyclic) bond motifs is 1. The van der Waals surface area contributed by atoms with Crippen molar-refractivity contribution in [2.75, 3.05) is 11.1 Å². The molecule has 1 N–H and O–H groups in total. The van der Waals surface area contributed by atoms with Gasteiger partial charge in [-0.3, -0.25) is 9.20 Å². The van der Waals surface area contributed by atoms with Crippen LogP contribution in [-0.2, 0) is 14.6 Å². The van der Waals surface area contributed by atoms with Gasteiger partial charge in [0.25, 0.3) is 0 Å². The van der Waals surface area contributed by atoms with Gasteiger partial charge in [0.2, 0.25) is 5.91 Å². The number of hydrogen-bond acceptors (Lipinski definition) is 4. The number of aryl methyl sites for hydroxylation is 1. The molecular formula is C23H21N3O3S. The first-order valence-corrected chi connectivity index (χ1v) is 11.2. The molecule has 2 heterocycles. The van der Waals surface area contributed by atoms with Gasteiger partial charge in [-0.05, 0) is 31.2 Å². The van der Waals surface area contributed by atoms with Crippen LogP contribution >= 0.6 is 0 Å². The minimum atomic E-state index is -3.54. The number of benzene rings is 2. The summed E-state index contributed by atoms with van der Waals surface area (Å²) in [6.45, 7) is 1.89. The first-order valence-electron chi connectivity index (χ1n) is 9.56. The van der Waals surface area contributed by atoms with E-state index in [2.05, 4.69) is 10.3 Å². The fourth-order valence-electron chi connectivity index (χ4n) is 3.20. The Labute approximate surface area is 175 Å². The third kappa shape index (κ3) is 4.11. The lowest BCUT2D eigenvalue weighted by molar-refractivity contribution is -0.115. The molecule has 0 aliphatic rings. The van der Waals surface area contributed by atoms with Gasteiger partial charge in [-0.1, -0.05) is 54.1 Å². The zero-order valence-corrected chi connectivity index (χ0v) is 17.3. The second kappa shape index (κ2) is 8.12. The van der Waals surface area contributed by atoms with Crippen LogP contribution in [0.1, 0.15) is 12.0 Å². The summed E-state index contributed by atoms with van der Waals surface area (Å²) in [6, 6.07) is 21.8. The topological polar surface area (TPSA) is 80.5 Å². The van der Waals surface area contributed by atoms with E-state index in [0.717, 1.165) is 11.1 Å². The van der Waals surface area contributed by atoms with Crippen molar-refractivity contribution in [3.8, 4) is 11.3 Å². The maximum absolute atomic E-state index is 12.7. The molecule has 30 heavy (non-hydrogen) atoms. The Morgan fingerprint density at radius 2 is 1.67 bits per heavy atom. The normalized spacial score (nSPS) is 11.5. The highest BCUT2D eigenvalue weighted by Gasteiger charge is 2.19. The summed E-state index contributed by atoms with van der Waals surface area (Å²) in [6.07, 6.45) is 1.66. The van der Waals surface area contributed by atoms with Crippen molar-refractivity contribution in [1.29, 1.82) is 0 Å². The summed E-state index contributed by atoms with van der Waals surface area (Å²) in [5, 5.41) is 2.86. The molecule has 2 aromatic heterocycles. The fraction of sp³-hybridized carbons (Fsp3) is 0.130. The largest absolute Gasteiger partial charge is 0.310 e. The van der Waals surface area contributed by atoms with Crippen LogP contribution in [0.4, 0.5) is 5.82 Å². The monoisotopic (exact) mass is 419 g/mol. The molecule has 0 saturated carbocycles. The van der Waals surface area contributed by atoms with Crippen molar-refractivity contribution in [3.05, 3.63) is 84.6 Å². The van der Waals surface area contributed by atoms with Gasteiger partial charge in [-0.25, -0.2) is 13.4 Å². The van der Waals surface area contributed by atoms with Gasteiger partial charge in [0, 0.05) is 18.2 Å². The van der Waals surface area contributed by atoms with Crippen LogP contribution in [-0.4, -0.2) is 29.5 Å². The van der Waals surface area contributed by atoms with Crippen LogP contribution in [0.3, 0.4) is 0 Å². The van der Waals surface area contributed by atoms with Crippen LogP contribution in [0.2, 0.25) is 0 Å². The summed E-state index contributed by atoms with van der Waals surface area (Å²) < 4.78 is 26.9. The molecule has 0 spiro atoms. The number of carbonyl (C=O) groups is 1. The molecular weight excluding hydrogens is 398 g/mol. The van der Waals surface area contributed by atoms with Gasteiger partial charge in [-0.15, -0.1) is 0 Å². The quantitative estimate of drug-likeness (QED) is 0.510. The maximum atomic E-state index is 12.7. The Bertz CT molecular complexity index is 1290. The third-order valence-corrected chi connectivity index (χ3v) is 6.54.